The second kappa shape index (κ2) is 16.5. The molecule has 0 spiro atoms. The maximum Gasteiger partial charge on any atom is -0.000764 e. The van der Waals surface area contributed by atoms with Crippen LogP contribution in [0.25, 0.3) is 76.8 Å². The van der Waals surface area contributed by atoms with Gasteiger partial charge in [-0.1, -0.05) is 210 Å². The smallest absolute Gasteiger partial charge is 0.000764 e. The van der Waals surface area contributed by atoms with Crippen LogP contribution in [0.3, 0.4) is 0 Å². The molecule has 0 aromatic heterocycles. The molecule has 0 unspecified atom stereocenters. The highest BCUT2D eigenvalue weighted by Crippen LogP contribution is 2.53. The van der Waals surface area contributed by atoms with E-state index in [1.807, 2.05) is 0 Å². The first-order valence-corrected chi connectivity index (χ1v) is 22.7. The van der Waals surface area contributed by atoms with Crippen molar-refractivity contribution >= 4 is 32.3 Å². The zero-order valence-corrected chi connectivity index (χ0v) is 38.2. The molecule has 0 amide bonds. The van der Waals surface area contributed by atoms with Crippen molar-refractivity contribution in [1.29, 1.82) is 0 Å². The van der Waals surface area contributed by atoms with Gasteiger partial charge in [-0.05, 0) is 152 Å². The van der Waals surface area contributed by atoms with Crippen LogP contribution in [0, 0.1) is 0 Å². The van der Waals surface area contributed by atoms with Crippen molar-refractivity contribution in [3.63, 3.8) is 0 Å². The topological polar surface area (TPSA) is 0 Å². The molecule has 0 fully saturated rings. The van der Waals surface area contributed by atoms with Gasteiger partial charge in [0.25, 0.3) is 0 Å². The lowest BCUT2D eigenvalue weighted by Crippen LogP contribution is -2.00. The molecule has 8 rings (SSSR count). The predicted octanol–water partition coefficient (Wildman–Crippen LogP) is 18.6. The summed E-state index contributed by atoms with van der Waals surface area (Å²) < 4.78 is 0. The molecular formula is C60H64. The lowest BCUT2D eigenvalue weighted by molar-refractivity contribution is 0.866. The molecule has 304 valence electrons. The fourth-order valence-electron chi connectivity index (χ4n) is 9.25. The lowest BCUT2D eigenvalue weighted by Gasteiger charge is -2.25. The van der Waals surface area contributed by atoms with Gasteiger partial charge in [-0.15, -0.1) is 0 Å². The minimum Gasteiger partial charge on any atom is -0.0587 e. The highest BCUT2D eigenvalue weighted by molar-refractivity contribution is 6.31. The summed E-state index contributed by atoms with van der Waals surface area (Å²) in [5, 5.41) is 7.86. The van der Waals surface area contributed by atoms with Gasteiger partial charge >= 0.3 is 0 Å². The molecule has 0 N–H and O–H groups in total. The van der Waals surface area contributed by atoms with Gasteiger partial charge in [-0.2, -0.15) is 0 Å². The maximum absolute atomic E-state index is 2.54. The first kappa shape index (κ1) is 41.3. The van der Waals surface area contributed by atoms with Crippen LogP contribution in [-0.4, -0.2) is 0 Å². The highest BCUT2D eigenvalue weighted by atomic mass is 14.3. The van der Waals surface area contributed by atoms with E-state index in [-0.39, 0.29) is 0 Å². The van der Waals surface area contributed by atoms with Crippen LogP contribution in [0.4, 0.5) is 0 Å². The Morgan fingerprint density at radius 1 is 0.250 bits per heavy atom. The molecular weight excluding hydrogens is 721 g/mol. The van der Waals surface area contributed by atoms with Gasteiger partial charge < -0.3 is 0 Å². The average molecular weight is 785 g/mol. The van der Waals surface area contributed by atoms with Gasteiger partial charge in [0.05, 0.1) is 0 Å². The standard InChI is InChI=1S/C60H64/c1-35(2)41-13-21-45(22-14-41)53-32-50(40(11)12)33-54-58(48-27-19-44(20-28-48)38(7)8)60-55(57(59(53)54)47-25-17-43(18-26-47)37(5)6)34-51-31-49(39(9)10)29-30-52(51)56(60)46-23-15-42(16-24-46)36(3)4/h13-40H,1-12H3. The molecule has 60 heavy (non-hydrogen) atoms. The Morgan fingerprint density at radius 3 is 0.983 bits per heavy atom. The Kier molecular flexibility index (Phi) is 11.4. The predicted molar refractivity (Wildman–Crippen MR) is 265 cm³/mol. The van der Waals surface area contributed by atoms with E-state index in [4.69, 9.17) is 0 Å². The fourth-order valence-corrected chi connectivity index (χ4v) is 9.25. The second-order valence-corrected chi connectivity index (χ2v) is 19.3. The summed E-state index contributed by atoms with van der Waals surface area (Å²) in [5.74, 6) is 2.59. The molecule has 0 heterocycles. The lowest BCUT2D eigenvalue weighted by atomic mass is 9.77. The van der Waals surface area contributed by atoms with E-state index in [2.05, 4.69) is 217 Å². The van der Waals surface area contributed by atoms with E-state index in [0.29, 0.717) is 35.5 Å². The Hall–Kier alpha value is -5.46. The summed E-state index contributed by atoms with van der Waals surface area (Å²) in [6.07, 6.45) is 0. The van der Waals surface area contributed by atoms with Gasteiger partial charge in [-0.25, -0.2) is 0 Å². The molecule has 0 nitrogen and oxygen atoms in total. The van der Waals surface area contributed by atoms with Crippen molar-refractivity contribution in [1.82, 2.24) is 0 Å². The zero-order valence-electron chi connectivity index (χ0n) is 38.2. The van der Waals surface area contributed by atoms with Crippen molar-refractivity contribution in [2.45, 2.75) is 119 Å². The molecule has 0 radical (unpaired) electrons. The summed E-state index contributed by atoms with van der Waals surface area (Å²) in [4.78, 5) is 0. The van der Waals surface area contributed by atoms with E-state index in [0.717, 1.165) is 0 Å². The Bertz CT molecular complexity index is 2800. The van der Waals surface area contributed by atoms with E-state index in [9.17, 15) is 0 Å². The van der Waals surface area contributed by atoms with Crippen LogP contribution in [0.2, 0.25) is 0 Å². The van der Waals surface area contributed by atoms with Gasteiger partial charge in [0.2, 0.25) is 0 Å². The summed E-state index contributed by atoms with van der Waals surface area (Å²) in [5.41, 5.74) is 18.5. The number of hydrogen-bond acceptors (Lipinski definition) is 0. The normalized spacial score (nSPS) is 12.2. The van der Waals surface area contributed by atoms with E-state index in [1.54, 1.807) is 0 Å². The van der Waals surface area contributed by atoms with Gasteiger partial charge in [0, 0.05) is 0 Å². The third kappa shape index (κ3) is 7.60. The highest BCUT2D eigenvalue weighted by Gasteiger charge is 2.26. The number of fused-ring (bicyclic) bond motifs is 3. The molecule has 0 saturated carbocycles. The van der Waals surface area contributed by atoms with Crippen molar-refractivity contribution in [2.75, 3.05) is 0 Å². The SMILES string of the molecule is CC(C)c1ccc(-c2cc(C(C)C)cc3c(-c4ccc(C(C)C)cc4)c4c(-c5ccc(C(C)C)cc5)c5ccc(C(C)C)cc5cc4c(-c4ccc(C(C)C)cc4)c23)cc1. The minimum atomic E-state index is 0.345. The van der Waals surface area contributed by atoms with Crippen LogP contribution in [0.5, 0.6) is 0 Å². The first-order valence-electron chi connectivity index (χ1n) is 22.7. The third-order valence-corrected chi connectivity index (χ3v) is 13.2. The van der Waals surface area contributed by atoms with Crippen LogP contribution in [-0.2, 0) is 0 Å². The molecule has 0 aliphatic rings. The van der Waals surface area contributed by atoms with Gasteiger partial charge in [0.15, 0.2) is 0 Å². The molecule has 0 aliphatic heterocycles. The molecule has 0 atom stereocenters. The molecule has 8 aromatic rings. The Labute approximate surface area is 360 Å². The summed E-state index contributed by atoms with van der Waals surface area (Å²) in [6.45, 7) is 27.6. The average Bonchev–Trinajstić information content (AvgIpc) is 3.24. The van der Waals surface area contributed by atoms with Crippen LogP contribution >= 0.6 is 0 Å². The maximum atomic E-state index is 2.54. The van der Waals surface area contributed by atoms with Crippen LogP contribution in [0.15, 0.2) is 133 Å². The Morgan fingerprint density at radius 2 is 0.583 bits per heavy atom. The minimum absolute atomic E-state index is 0.345. The van der Waals surface area contributed by atoms with E-state index in [1.165, 1.54) is 110 Å². The first-order chi connectivity index (χ1) is 28.7. The third-order valence-electron chi connectivity index (χ3n) is 13.2. The largest absolute Gasteiger partial charge is 0.0587 e. The van der Waals surface area contributed by atoms with Crippen molar-refractivity contribution < 1.29 is 0 Å². The quantitative estimate of drug-likeness (QED) is 0.121. The summed E-state index contributed by atoms with van der Waals surface area (Å²) in [7, 11) is 0. The number of rotatable bonds is 10. The zero-order chi connectivity index (χ0) is 42.6. The van der Waals surface area contributed by atoms with Crippen molar-refractivity contribution in [3.8, 4) is 44.5 Å². The number of hydrogen-bond donors (Lipinski definition) is 0. The van der Waals surface area contributed by atoms with Crippen LogP contribution < -0.4 is 0 Å². The summed E-state index contributed by atoms with van der Waals surface area (Å²) in [6, 6.07) is 52.8. The van der Waals surface area contributed by atoms with Crippen molar-refractivity contribution in [3.05, 3.63) is 167 Å². The number of benzene rings is 8. The van der Waals surface area contributed by atoms with Crippen molar-refractivity contribution in [2.24, 2.45) is 0 Å². The Balaban J connectivity index is 1.68. The van der Waals surface area contributed by atoms with Gasteiger partial charge in [-0.3, -0.25) is 0 Å². The molecule has 8 aromatic carbocycles. The molecule has 0 aliphatic carbocycles. The molecule has 0 saturated heterocycles. The fraction of sp³-hybridized carbons (Fsp3) is 0.300. The van der Waals surface area contributed by atoms with Gasteiger partial charge in [0.1, 0.15) is 0 Å². The van der Waals surface area contributed by atoms with Crippen LogP contribution in [0.1, 0.15) is 152 Å². The monoisotopic (exact) mass is 785 g/mol. The second-order valence-electron chi connectivity index (χ2n) is 19.3. The van der Waals surface area contributed by atoms with E-state index < -0.39 is 0 Å². The molecule has 0 heteroatoms. The molecule has 0 bridgehead atoms. The summed E-state index contributed by atoms with van der Waals surface area (Å²) >= 11 is 0. The van der Waals surface area contributed by atoms with E-state index >= 15 is 0 Å².